The van der Waals surface area contributed by atoms with Gasteiger partial charge in [-0.3, -0.25) is 4.79 Å². The zero-order chi connectivity index (χ0) is 20.4. The van der Waals surface area contributed by atoms with Crippen molar-refractivity contribution < 1.29 is 9.32 Å². The molecule has 9 heteroatoms. The summed E-state index contributed by atoms with van der Waals surface area (Å²) in [5.41, 5.74) is 1.84. The van der Waals surface area contributed by atoms with Crippen molar-refractivity contribution in [2.45, 2.75) is 46.2 Å². The van der Waals surface area contributed by atoms with Gasteiger partial charge in [-0.25, -0.2) is 9.97 Å². The number of hydrogen-bond donors (Lipinski definition) is 0. The number of aryl methyl sites for hydroxylation is 2. The fraction of sp³-hybridized carbons (Fsp3) is 0.632. The molecule has 0 N–H and O–H groups in total. The second-order valence-corrected chi connectivity index (χ2v) is 7.55. The van der Waals surface area contributed by atoms with Gasteiger partial charge in [-0.2, -0.15) is 4.98 Å². The molecule has 1 aliphatic heterocycles. The molecule has 152 valence electrons. The van der Waals surface area contributed by atoms with E-state index in [9.17, 15) is 4.79 Å². The highest BCUT2D eigenvalue weighted by molar-refractivity contribution is 5.90. The van der Waals surface area contributed by atoms with Crippen LogP contribution in [0.2, 0.25) is 0 Å². The lowest BCUT2D eigenvalue weighted by Crippen LogP contribution is -2.33. The molecule has 9 nitrogen and oxygen atoms in total. The van der Waals surface area contributed by atoms with Gasteiger partial charge >= 0.3 is 0 Å². The molecule has 0 aliphatic carbocycles. The van der Waals surface area contributed by atoms with Gasteiger partial charge in [0.25, 0.3) is 5.91 Å². The molecule has 28 heavy (non-hydrogen) atoms. The van der Waals surface area contributed by atoms with Crippen LogP contribution in [0.15, 0.2) is 4.52 Å². The zero-order valence-electron chi connectivity index (χ0n) is 17.6. The Morgan fingerprint density at radius 1 is 1.21 bits per heavy atom. The van der Waals surface area contributed by atoms with Crippen molar-refractivity contribution in [3.05, 3.63) is 28.8 Å². The van der Waals surface area contributed by atoms with E-state index >= 15 is 0 Å². The Hall–Kier alpha value is -2.55. The summed E-state index contributed by atoms with van der Waals surface area (Å²) in [4.78, 5) is 32.2. The maximum absolute atomic E-state index is 12.9. The van der Waals surface area contributed by atoms with Gasteiger partial charge in [0.15, 0.2) is 5.82 Å². The Bertz CT molecular complexity index is 849. The summed E-state index contributed by atoms with van der Waals surface area (Å²) in [6.07, 6.45) is 1.77. The topological polar surface area (TPSA) is 91.5 Å². The molecule has 2 aromatic heterocycles. The predicted molar refractivity (Wildman–Crippen MR) is 105 cm³/mol. The second kappa shape index (κ2) is 8.22. The highest BCUT2D eigenvalue weighted by atomic mass is 16.5. The second-order valence-electron chi connectivity index (χ2n) is 7.55. The zero-order valence-corrected chi connectivity index (χ0v) is 17.6. The Balaban J connectivity index is 1.79. The molecular weight excluding hydrogens is 358 g/mol. The number of aromatic nitrogens is 4. The summed E-state index contributed by atoms with van der Waals surface area (Å²) in [5, 5.41) is 3.87. The Morgan fingerprint density at radius 3 is 2.57 bits per heavy atom. The lowest BCUT2D eigenvalue weighted by molar-refractivity contribution is 0.0757. The maximum atomic E-state index is 12.9. The maximum Gasteiger partial charge on any atom is 0.291 e. The lowest BCUT2D eigenvalue weighted by Gasteiger charge is -2.23. The van der Waals surface area contributed by atoms with E-state index in [1.807, 2.05) is 20.8 Å². The van der Waals surface area contributed by atoms with E-state index in [0.717, 1.165) is 36.6 Å². The minimum atomic E-state index is -0.260. The molecule has 1 aliphatic rings. The molecular formula is C19H29N7O2. The third-order valence-electron chi connectivity index (χ3n) is 5.29. The Morgan fingerprint density at radius 2 is 1.96 bits per heavy atom. The molecule has 3 heterocycles. The van der Waals surface area contributed by atoms with Gasteiger partial charge in [0.05, 0.1) is 0 Å². The fourth-order valence-corrected chi connectivity index (χ4v) is 3.32. The van der Waals surface area contributed by atoms with Gasteiger partial charge in [0, 0.05) is 43.9 Å². The van der Waals surface area contributed by atoms with Crippen molar-refractivity contribution in [1.29, 1.82) is 0 Å². The Labute approximate surface area is 165 Å². The molecule has 1 fully saturated rings. The standard InChI is InChI=1S/C19H29N7O2/c1-7-15-21-16(28-23-15)11-25(6)19(27)17-20-13(3)12(2)18(22-17)26-9-8-14(10-26)24(4)5/h14H,7-11H2,1-6H3/t14-/m1/s1. The van der Waals surface area contributed by atoms with Crippen LogP contribution in [0.1, 0.15) is 46.9 Å². The molecule has 0 unspecified atom stereocenters. The van der Waals surface area contributed by atoms with Crippen LogP contribution >= 0.6 is 0 Å². The highest BCUT2D eigenvalue weighted by Crippen LogP contribution is 2.25. The SMILES string of the molecule is CCc1noc(CN(C)C(=O)c2nc(C)c(C)c(N3CC[C@@H](N(C)C)C3)n2)n1. The van der Waals surface area contributed by atoms with E-state index in [4.69, 9.17) is 4.52 Å². The molecule has 0 saturated carbocycles. The third-order valence-corrected chi connectivity index (χ3v) is 5.29. The van der Waals surface area contributed by atoms with Crippen LogP contribution in [-0.2, 0) is 13.0 Å². The number of carbonyl (C=O) groups is 1. The van der Waals surface area contributed by atoms with E-state index in [1.165, 1.54) is 4.90 Å². The number of likely N-dealkylation sites (N-methyl/N-ethyl adjacent to an activating group) is 1. The third kappa shape index (κ3) is 4.14. The average molecular weight is 387 g/mol. The Kier molecular flexibility index (Phi) is 5.93. The first-order valence-corrected chi connectivity index (χ1v) is 9.63. The summed E-state index contributed by atoms with van der Waals surface area (Å²) >= 11 is 0. The largest absolute Gasteiger partial charge is 0.355 e. The quantitative estimate of drug-likeness (QED) is 0.735. The number of nitrogens with zero attached hydrogens (tertiary/aromatic N) is 7. The van der Waals surface area contributed by atoms with Crippen molar-refractivity contribution in [3.63, 3.8) is 0 Å². The van der Waals surface area contributed by atoms with Gasteiger partial charge in [0.1, 0.15) is 12.4 Å². The number of anilines is 1. The van der Waals surface area contributed by atoms with E-state index in [-0.39, 0.29) is 18.3 Å². The molecule has 3 rings (SSSR count). The highest BCUT2D eigenvalue weighted by Gasteiger charge is 2.28. The number of carbonyl (C=O) groups excluding carboxylic acids is 1. The number of rotatable bonds is 6. The van der Waals surface area contributed by atoms with Crippen molar-refractivity contribution in [2.75, 3.05) is 39.1 Å². The molecule has 1 atom stereocenters. The molecule has 1 saturated heterocycles. The van der Waals surface area contributed by atoms with Gasteiger partial charge in [-0.1, -0.05) is 12.1 Å². The molecule has 0 bridgehead atoms. The first-order chi connectivity index (χ1) is 13.3. The monoisotopic (exact) mass is 387 g/mol. The van der Waals surface area contributed by atoms with Crippen molar-refractivity contribution >= 4 is 11.7 Å². The van der Waals surface area contributed by atoms with E-state index in [2.05, 4.69) is 44.0 Å². The molecule has 0 radical (unpaired) electrons. The number of hydrogen-bond acceptors (Lipinski definition) is 8. The smallest absolute Gasteiger partial charge is 0.291 e. The first-order valence-electron chi connectivity index (χ1n) is 9.63. The van der Waals surface area contributed by atoms with Crippen LogP contribution in [0.4, 0.5) is 5.82 Å². The van der Waals surface area contributed by atoms with Gasteiger partial charge in [-0.05, 0) is 34.4 Å². The van der Waals surface area contributed by atoms with E-state index in [1.54, 1.807) is 7.05 Å². The van der Waals surface area contributed by atoms with Crippen LogP contribution in [0.25, 0.3) is 0 Å². The van der Waals surface area contributed by atoms with Crippen LogP contribution in [0.3, 0.4) is 0 Å². The van der Waals surface area contributed by atoms with Crippen LogP contribution in [-0.4, -0.2) is 76.1 Å². The van der Waals surface area contributed by atoms with Crippen LogP contribution in [0, 0.1) is 13.8 Å². The average Bonchev–Trinajstić information content (AvgIpc) is 3.32. The van der Waals surface area contributed by atoms with E-state index < -0.39 is 0 Å². The summed E-state index contributed by atoms with van der Waals surface area (Å²) < 4.78 is 5.19. The van der Waals surface area contributed by atoms with Crippen molar-refractivity contribution in [2.24, 2.45) is 0 Å². The summed E-state index contributed by atoms with van der Waals surface area (Å²) in [6, 6.07) is 0.488. The normalized spacial score (nSPS) is 16.8. The van der Waals surface area contributed by atoms with Gasteiger partial charge < -0.3 is 19.2 Å². The van der Waals surface area contributed by atoms with Gasteiger partial charge in [0.2, 0.25) is 11.7 Å². The molecule has 1 amide bonds. The fourth-order valence-electron chi connectivity index (χ4n) is 3.32. The van der Waals surface area contributed by atoms with Gasteiger partial charge in [-0.15, -0.1) is 0 Å². The molecule has 0 aromatic carbocycles. The van der Waals surface area contributed by atoms with Crippen LogP contribution < -0.4 is 4.90 Å². The minimum absolute atomic E-state index is 0.198. The minimum Gasteiger partial charge on any atom is -0.355 e. The molecule has 2 aromatic rings. The first kappa shape index (κ1) is 20.2. The van der Waals surface area contributed by atoms with Crippen molar-refractivity contribution in [1.82, 2.24) is 29.9 Å². The lowest BCUT2D eigenvalue weighted by atomic mass is 10.2. The summed E-state index contributed by atoms with van der Waals surface area (Å²) in [6.45, 7) is 7.93. The van der Waals surface area contributed by atoms with Crippen molar-refractivity contribution in [3.8, 4) is 0 Å². The van der Waals surface area contributed by atoms with Crippen LogP contribution in [0.5, 0.6) is 0 Å². The van der Waals surface area contributed by atoms with E-state index in [0.29, 0.717) is 24.2 Å². The summed E-state index contributed by atoms with van der Waals surface area (Å²) in [5.74, 6) is 1.82. The predicted octanol–water partition coefficient (Wildman–Crippen LogP) is 1.45. The molecule has 0 spiro atoms. The number of amides is 1. The summed E-state index contributed by atoms with van der Waals surface area (Å²) in [7, 11) is 5.88.